The Hall–Kier alpha value is -3.59. The fourth-order valence-electron chi connectivity index (χ4n) is 3.22. The second-order valence-corrected chi connectivity index (χ2v) is 7.93. The predicted molar refractivity (Wildman–Crippen MR) is 115 cm³/mol. The number of aliphatic hydroxyl groups is 1. The Bertz CT molecular complexity index is 1110. The Morgan fingerprint density at radius 1 is 1.26 bits per heavy atom. The number of aromatic nitrogens is 4. The molecule has 0 radical (unpaired) electrons. The lowest BCUT2D eigenvalue weighted by Crippen LogP contribution is -2.39. The van der Waals surface area contributed by atoms with Gasteiger partial charge in [0.05, 0.1) is 29.6 Å². The first-order valence-electron chi connectivity index (χ1n) is 9.98. The van der Waals surface area contributed by atoms with Gasteiger partial charge in [0.2, 0.25) is 0 Å². The molecule has 0 atom stereocenters. The van der Waals surface area contributed by atoms with Crippen LogP contribution in [0.15, 0.2) is 42.9 Å². The minimum atomic E-state index is -1.02. The maximum atomic E-state index is 12.8. The molecule has 31 heavy (non-hydrogen) atoms. The average molecular weight is 420 g/mol. The number of hydrogen-bond donors (Lipinski definition) is 2. The molecule has 0 unspecified atom stereocenters. The highest BCUT2D eigenvalue weighted by Crippen LogP contribution is 2.36. The van der Waals surface area contributed by atoms with Gasteiger partial charge in [-0.2, -0.15) is 0 Å². The van der Waals surface area contributed by atoms with E-state index < -0.39 is 5.60 Å². The second-order valence-electron chi connectivity index (χ2n) is 7.93. The minimum Gasteiger partial charge on any atom is -0.486 e. The Balaban J connectivity index is 1.72. The van der Waals surface area contributed by atoms with Crippen LogP contribution in [-0.2, 0) is 0 Å². The summed E-state index contributed by atoms with van der Waals surface area (Å²) in [6, 6.07) is 7.43. The first kappa shape index (κ1) is 20.7. The fraction of sp³-hybridized carbons (Fsp3) is 0.318. The lowest BCUT2D eigenvalue weighted by Gasteiger charge is -2.31. The van der Waals surface area contributed by atoms with E-state index in [0.29, 0.717) is 47.5 Å². The number of anilines is 2. The Kier molecular flexibility index (Phi) is 5.51. The van der Waals surface area contributed by atoms with Gasteiger partial charge in [0.15, 0.2) is 17.4 Å². The summed E-state index contributed by atoms with van der Waals surface area (Å²) in [6.45, 7) is 6.21. The van der Waals surface area contributed by atoms with Crippen molar-refractivity contribution in [2.24, 2.45) is 0 Å². The molecule has 1 amide bonds. The molecule has 0 bridgehead atoms. The van der Waals surface area contributed by atoms with Crippen LogP contribution in [0.2, 0.25) is 0 Å². The second kappa shape index (κ2) is 8.27. The van der Waals surface area contributed by atoms with E-state index in [2.05, 4.69) is 20.3 Å². The molecule has 3 aromatic rings. The summed E-state index contributed by atoms with van der Waals surface area (Å²) in [7, 11) is 0. The smallest absolute Gasteiger partial charge is 0.255 e. The van der Waals surface area contributed by atoms with Crippen LogP contribution in [0.3, 0.4) is 0 Å². The van der Waals surface area contributed by atoms with Gasteiger partial charge in [0.25, 0.3) is 5.91 Å². The van der Waals surface area contributed by atoms with Crippen molar-refractivity contribution in [1.82, 2.24) is 25.3 Å². The van der Waals surface area contributed by atoms with E-state index in [9.17, 15) is 9.90 Å². The van der Waals surface area contributed by atoms with Gasteiger partial charge >= 0.3 is 0 Å². The van der Waals surface area contributed by atoms with Crippen LogP contribution < -0.4 is 15.0 Å². The summed E-state index contributed by atoms with van der Waals surface area (Å²) in [5.41, 5.74) is 1.54. The predicted octanol–water partition coefficient (Wildman–Crippen LogP) is 2.27. The number of hydrogen-bond acceptors (Lipinski definition) is 8. The molecule has 1 aliphatic heterocycles. The summed E-state index contributed by atoms with van der Waals surface area (Å²) < 4.78 is 5.75. The van der Waals surface area contributed by atoms with E-state index in [-0.39, 0.29) is 12.5 Å². The normalized spacial score (nSPS) is 13.4. The lowest BCUT2D eigenvalue weighted by molar-refractivity contribution is 0.0694. The third-order valence-corrected chi connectivity index (χ3v) is 4.70. The summed E-state index contributed by atoms with van der Waals surface area (Å²) in [5.74, 6) is 1.23. The van der Waals surface area contributed by atoms with E-state index in [0.717, 1.165) is 5.69 Å². The highest BCUT2D eigenvalue weighted by atomic mass is 16.5. The van der Waals surface area contributed by atoms with Crippen LogP contribution in [0.25, 0.3) is 11.5 Å². The lowest BCUT2D eigenvalue weighted by atomic mass is 10.1. The van der Waals surface area contributed by atoms with Crippen molar-refractivity contribution < 1.29 is 14.6 Å². The molecule has 0 aliphatic carbocycles. The van der Waals surface area contributed by atoms with Gasteiger partial charge in [-0.05, 0) is 39.0 Å². The molecular weight excluding hydrogens is 396 g/mol. The monoisotopic (exact) mass is 420 g/mol. The number of carbonyl (C=O) groups is 1. The number of amides is 1. The zero-order chi connectivity index (χ0) is 22.0. The van der Waals surface area contributed by atoms with Gasteiger partial charge in [-0.15, -0.1) is 0 Å². The van der Waals surface area contributed by atoms with Crippen LogP contribution in [0, 0.1) is 6.92 Å². The van der Waals surface area contributed by atoms with E-state index >= 15 is 0 Å². The molecule has 0 saturated heterocycles. The molecule has 0 fully saturated rings. The van der Waals surface area contributed by atoms with Crippen LogP contribution in [0.1, 0.15) is 29.9 Å². The summed E-state index contributed by atoms with van der Waals surface area (Å²) in [6.07, 6.45) is 4.76. The molecule has 4 heterocycles. The third-order valence-electron chi connectivity index (χ3n) is 4.70. The van der Waals surface area contributed by atoms with Gasteiger partial charge < -0.3 is 20.1 Å². The highest BCUT2D eigenvalue weighted by molar-refractivity contribution is 6.00. The zero-order valence-corrected chi connectivity index (χ0v) is 17.7. The molecule has 160 valence electrons. The van der Waals surface area contributed by atoms with E-state index in [1.807, 2.05) is 30.0 Å². The quantitative estimate of drug-likeness (QED) is 0.646. The largest absolute Gasteiger partial charge is 0.486 e. The molecule has 2 N–H and O–H groups in total. The summed E-state index contributed by atoms with van der Waals surface area (Å²) in [4.78, 5) is 32.5. The number of pyridine rings is 2. The number of aryl methyl sites for hydroxylation is 1. The van der Waals surface area contributed by atoms with Crippen molar-refractivity contribution in [3.63, 3.8) is 0 Å². The molecular formula is C22H24N6O3. The van der Waals surface area contributed by atoms with E-state index in [1.165, 1.54) is 6.20 Å². The fourth-order valence-corrected chi connectivity index (χ4v) is 3.22. The summed E-state index contributed by atoms with van der Waals surface area (Å²) >= 11 is 0. The van der Waals surface area contributed by atoms with E-state index in [1.54, 1.807) is 32.3 Å². The number of carbonyl (C=O) groups excluding carboxylic acids is 1. The number of ether oxygens (including phenoxy) is 1. The molecule has 0 spiro atoms. The molecule has 9 heteroatoms. The van der Waals surface area contributed by atoms with Crippen molar-refractivity contribution in [3.05, 3.63) is 54.1 Å². The molecule has 9 nitrogen and oxygen atoms in total. The maximum absolute atomic E-state index is 12.8. The minimum absolute atomic E-state index is 0.116. The van der Waals surface area contributed by atoms with Crippen LogP contribution in [0.5, 0.6) is 5.75 Å². The van der Waals surface area contributed by atoms with Gasteiger partial charge in [0, 0.05) is 24.6 Å². The number of nitrogens with one attached hydrogen (secondary N) is 1. The molecule has 1 aliphatic rings. The Morgan fingerprint density at radius 2 is 2.10 bits per heavy atom. The molecule has 0 saturated carbocycles. The standard InChI is InChI=1S/C22H24N6O3/c1-14-5-4-6-16(26-14)19-24-12-18-20(27-19)28(9-10-31-18)17-7-8-23-11-15(17)21(29)25-13-22(2,3)30/h4-8,11-12,30H,9-10,13H2,1-3H3,(H,25,29). The SMILES string of the molecule is Cc1cccc(-c2ncc3c(n2)N(c2ccncc2C(=O)NCC(C)(C)O)CCO3)n1. The van der Waals surface area contributed by atoms with Crippen molar-refractivity contribution >= 4 is 17.4 Å². The maximum Gasteiger partial charge on any atom is 0.255 e. The highest BCUT2D eigenvalue weighted by Gasteiger charge is 2.27. The van der Waals surface area contributed by atoms with Crippen molar-refractivity contribution in [2.45, 2.75) is 26.4 Å². The van der Waals surface area contributed by atoms with E-state index in [4.69, 9.17) is 9.72 Å². The van der Waals surface area contributed by atoms with Crippen molar-refractivity contribution in [3.8, 4) is 17.3 Å². The van der Waals surface area contributed by atoms with Crippen molar-refractivity contribution in [1.29, 1.82) is 0 Å². The van der Waals surface area contributed by atoms with Crippen LogP contribution in [0.4, 0.5) is 11.5 Å². The van der Waals surface area contributed by atoms with Crippen molar-refractivity contribution in [2.75, 3.05) is 24.6 Å². The number of nitrogens with zero attached hydrogens (tertiary/aromatic N) is 5. The number of fused-ring (bicyclic) bond motifs is 1. The topological polar surface area (TPSA) is 113 Å². The van der Waals surface area contributed by atoms with Gasteiger partial charge in [-0.3, -0.25) is 9.78 Å². The Morgan fingerprint density at radius 3 is 2.87 bits per heavy atom. The average Bonchev–Trinajstić information content (AvgIpc) is 2.76. The van der Waals surface area contributed by atoms with Gasteiger partial charge in [-0.25, -0.2) is 15.0 Å². The van der Waals surface area contributed by atoms with Crippen LogP contribution in [-0.4, -0.2) is 56.2 Å². The van der Waals surface area contributed by atoms with Gasteiger partial charge in [0.1, 0.15) is 12.3 Å². The Labute approximate surface area is 180 Å². The molecule has 0 aromatic carbocycles. The number of rotatable bonds is 5. The first-order valence-corrected chi connectivity index (χ1v) is 9.98. The third kappa shape index (κ3) is 4.61. The molecule has 4 rings (SSSR count). The van der Waals surface area contributed by atoms with Gasteiger partial charge in [-0.1, -0.05) is 6.07 Å². The zero-order valence-electron chi connectivity index (χ0n) is 17.7. The first-order chi connectivity index (χ1) is 14.8. The van der Waals surface area contributed by atoms with Crippen LogP contribution >= 0.6 is 0 Å². The summed E-state index contributed by atoms with van der Waals surface area (Å²) in [5, 5.41) is 12.7. The molecule has 3 aromatic heterocycles.